The van der Waals surface area contributed by atoms with Gasteiger partial charge in [0.05, 0.1) is 18.7 Å². The number of carbonyl (C=O) groups is 1. The molecule has 1 aliphatic rings. The van der Waals surface area contributed by atoms with Crippen LogP contribution >= 0.6 is 11.8 Å². The molecule has 4 nitrogen and oxygen atoms in total. The molecule has 1 aromatic carbocycles. The molecule has 0 saturated heterocycles. The van der Waals surface area contributed by atoms with Crippen molar-refractivity contribution in [1.82, 2.24) is 0 Å². The third-order valence-corrected chi connectivity index (χ3v) is 3.79. The molecule has 0 bridgehead atoms. The van der Waals surface area contributed by atoms with Crippen LogP contribution in [-0.4, -0.2) is 23.2 Å². The van der Waals surface area contributed by atoms with E-state index in [2.05, 4.69) is 10.0 Å². The monoisotopic (exact) mass is 274 g/mol. The Bertz CT molecular complexity index is 546. The maximum Gasteiger partial charge on any atom is 0.192 e. The van der Waals surface area contributed by atoms with Gasteiger partial charge >= 0.3 is 0 Å². The summed E-state index contributed by atoms with van der Waals surface area (Å²) < 4.78 is 0. The molecule has 0 aromatic heterocycles. The van der Waals surface area contributed by atoms with E-state index >= 15 is 0 Å². The van der Waals surface area contributed by atoms with Crippen molar-refractivity contribution in [3.05, 3.63) is 41.2 Å². The summed E-state index contributed by atoms with van der Waals surface area (Å²) in [5, 5.41) is 4.20. The van der Waals surface area contributed by atoms with E-state index in [0.717, 1.165) is 11.3 Å². The molecule has 2 atom stereocenters. The van der Waals surface area contributed by atoms with Crippen molar-refractivity contribution in [2.75, 3.05) is 6.26 Å². The first-order valence-electron chi connectivity index (χ1n) is 5.94. The highest BCUT2D eigenvalue weighted by Gasteiger charge is 2.32. The fourth-order valence-electron chi connectivity index (χ4n) is 1.96. The van der Waals surface area contributed by atoms with E-state index < -0.39 is 0 Å². The summed E-state index contributed by atoms with van der Waals surface area (Å²) in [6, 6.07) is 7.26. The topological polar surface area (TPSA) is 43.0 Å². The zero-order chi connectivity index (χ0) is 13.8. The molecule has 0 fully saturated rings. The van der Waals surface area contributed by atoms with Crippen molar-refractivity contribution in [2.45, 2.75) is 19.4 Å². The SMILES string of the molecule is [C-]#[N+]c1ccc(C2=NOC(CC(=O)SC)C2C)cc1. The number of nitrogens with zero attached hydrogens (tertiary/aromatic N) is 2. The molecular formula is C14H14N2O2S. The average molecular weight is 274 g/mol. The first-order valence-corrected chi connectivity index (χ1v) is 7.16. The summed E-state index contributed by atoms with van der Waals surface area (Å²) in [6.07, 6.45) is 1.96. The number of benzene rings is 1. The van der Waals surface area contributed by atoms with Gasteiger partial charge in [0.15, 0.2) is 10.8 Å². The molecule has 1 aliphatic heterocycles. The number of carbonyl (C=O) groups excluding carboxylic acids is 1. The molecule has 98 valence electrons. The Hall–Kier alpha value is -1.80. The lowest BCUT2D eigenvalue weighted by molar-refractivity contribution is -0.113. The van der Waals surface area contributed by atoms with Crippen LogP contribution < -0.4 is 0 Å². The van der Waals surface area contributed by atoms with E-state index in [0.29, 0.717) is 12.1 Å². The lowest BCUT2D eigenvalue weighted by Gasteiger charge is -2.13. The molecule has 0 spiro atoms. The van der Waals surface area contributed by atoms with E-state index in [4.69, 9.17) is 11.4 Å². The van der Waals surface area contributed by atoms with Gasteiger partial charge in [-0.25, -0.2) is 4.85 Å². The lowest BCUT2D eigenvalue weighted by Crippen LogP contribution is -2.23. The Morgan fingerprint density at radius 2 is 2.16 bits per heavy atom. The maximum absolute atomic E-state index is 11.4. The first-order chi connectivity index (χ1) is 9.15. The van der Waals surface area contributed by atoms with Gasteiger partial charge < -0.3 is 4.84 Å². The van der Waals surface area contributed by atoms with Crippen LogP contribution in [0.25, 0.3) is 4.85 Å². The maximum atomic E-state index is 11.4. The van der Waals surface area contributed by atoms with Gasteiger partial charge in [-0.1, -0.05) is 48.1 Å². The number of rotatable bonds is 3. The highest BCUT2D eigenvalue weighted by Crippen LogP contribution is 2.27. The van der Waals surface area contributed by atoms with E-state index in [1.54, 1.807) is 18.4 Å². The van der Waals surface area contributed by atoms with E-state index in [1.807, 2.05) is 19.1 Å². The average Bonchev–Trinajstić information content (AvgIpc) is 2.80. The van der Waals surface area contributed by atoms with Crippen molar-refractivity contribution in [2.24, 2.45) is 11.1 Å². The largest absolute Gasteiger partial charge is 0.391 e. The molecule has 19 heavy (non-hydrogen) atoms. The van der Waals surface area contributed by atoms with Gasteiger partial charge in [-0.3, -0.25) is 4.79 Å². The quantitative estimate of drug-likeness (QED) is 0.795. The second-order valence-corrected chi connectivity index (χ2v) is 5.21. The van der Waals surface area contributed by atoms with Crippen molar-refractivity contribution < 1.29 is 9.63 Å². The molecule has 0 N–H and O–H groups in total. The van der Waals surface area contributed by atoms with Crippen molar-refractivity contribution in [3.63, 3.8) is 0 Å². The fraction of sp³-hybridized carbons (Fsp3) is 0.357. The number of hydrogen-bond donors (Lipinski definition) is 0. The minimum Gasteiger partial charge on any atom is -0.391 e. The molecule has 2 unspecified atom stereocenters. The number of hydrogen-bond acceptors (Lipinski definition) is 4. The summed E-state index contributed by atoms with van der Waals surface area (Å²) in [5.74, 6) is 0.0786. The molecule has 0 saturated carbocycles. The molecule has 0 aliphatic carbocycles. The third-order valence-electron chi connectivity index (χ3n) is 3.16. The predicted octanol–water partition coefficient (Wildman–Crippen LogP) is 3.26. The van der Waals surface area contributed by atoms with Crippen LogP contribution in [0, 0.1) is 12.5 Å². The highest BCUT2D eigenvalue weighted by molar-refractivity contribution is 8.13. The Kier molecular flexibility index (Phi) is 4.23. The van der Waals surface area contributed by atoms with Crippen molar-refractivity contribution in [1.29, 1.82) is 0 Å². The molecule has 1 heterocycles. The van der Waals surface area contributed by atoms with E-state index in [9.17, 15) is 4.79 Å². The molecule has 0 radical (unpaired) electrons. The van der Waals surface area contributed by atoms with Gasteiger partial charge in [0.1, 0.15) is 6.10 Å². The summed E-state index contributed by atoms with van der Waals surface area (Å²) in [5.41, 5.74) is 2.39. The van der Waals surface area contributed by atoms with Crippen LogP contribution in [0.2, 0.25) is 0 Å². The Labute approximate surface area is 116 Å². The van der Waals surface area contributed by atoms with Crippen LogP contribution in [0.4, 0.5) is 5.69 Å². The summed E-state index contributed by atoms with van der Waals surface area (Å²) in [6.45, 7) is 8.93. The predicted molar refractivity (Wildman–Crippen MR) is 76.4 cm³/mol. The van der Waals surface area contributed by atoms with Gasteiger partial charge in [-0.05, 0) is 11.8 Å². The normalized spacial score (nSPS) is 21.4. The summed E-state index contributed by atoms with van der Waals surface area (Å²) in [7, 11) is 0. The van der Waals surface area contributed by atoms with E-state index in [1.165, 1.54) is 11.8 Å². The number of thioether (sulfide) groups is 1. The third kappa shape index (κ3) is 2.96. The second-order valence-electron chi connectivity index (χ2n) is 4.35. The minimum atomic E-state index is -0.185. The van der Waals surface area contributed by atoms with Gasteiger partial charge in [0, 0.05) is 5.92 Å². The van der Waals surface area contributed by atoms with Crippen LogP contribution in [0.5, 0.6) is 0 Å². The lowest BCUT2D eigenvalue weighted by atomic mass is 9.93. The van der Waals surface area contributed by atoms with E-state index in [-0.39, 0.29) is 17.1 Å². The zero-order valence-electron chi connectivity index (χ0n) is 10.8. The Balaban J connectivity index is 2.10. The molecule has 0 amide bonds. The smallest absolute Gasteiger partial charge is 0.192 e. The van der Waals surface area contributed by atoms with Crippen LogP contribution in [0.3, 0.4) is 0 Å². The molecule has 5 heteroatoms. The first kappa shape index (κ1) is 13.6. The van der Waals surface area contributed by atoms with Crippen molar-refractivity contribution in [3.8, 4) is 0 Å². The molecule has 2 rings (SSSR count). The zero-order valence-corrected chi connectivity index (χ0v) is 11.6. The Morgan fingerprint density at radius 1 is 1.47 bits per heavy atom. The molecule has 1 aromatic rings. The standard InChI is InChI=1S/C14H14N2O2S/c1-9-12(8-13(17)19-3)18-16-14(9)10-4-6-11(15-2)7-5-10/h4-7,9,12H,8H2,1,3H3. The Morgan fingerprint density at radius 3 is 2.74 bits per heavy atom. The summed E-state index contributed by atoms with van der Waals surface area (Å²) >= 11 is 1.21. The minimum absolute atomic E-state index is 0.0786. The highest BCUT2D eigenvalue weighted by atomic mass is 32.2. The van der Waals surface area contributed by atoms with Crippen molar-refractivity contribution >= 4 is 28.3 Å². The van der Waals surface area contributed by atoms with Gasteiger partial charge in [0.2, 0.25) is 0 Å². The van der Waals surface area contributed by atoms with Gasteiger partial charge in [0.25, 0.3) is 0 Å². The molecular weight excluding hydrogens is 260 g/mol. The fourth-order valence-corrected chi connectivity index (χ4v) is 2.29. The van der Waals surface area contributed by atoms with Gasteiger partial charge in [-0.15, -0.1) is 0 Å². The van der Waals surface area contributed by atoms with Crippen LogP contribution in [0.1, 0.15) is 18.9 Å². The number of oxime groups is 1. The van der Waals surface area contributed by atoms with Crippen LogP contribution in [-0.2, 0) is 9.63 Å². The second kappa shape index (κ2) is 5.89. The van der Waals surface area contributed by atoms with Crippen LogP contribution in [0.15, 0.2) is 29.4 Å². The summed E-state index contributed by atoms with van der Waals surface area (Å²) in [4.78, 5) is 20.1. The van der Waals surface area contributed by atoms with Gasteiger partial charge in [-0.2, -0.15) is 0 Å².